The molecule has 0 fully saturated rings. The summed E-state index contributed by atoms with van der Waals surface area (Å²) in [7, 11) is 0. The molecule has 1 N–H and O–H groups in total. The highest BCUT2D eigenvalue weighted by atomic mass is 16.5. The van der Waals surface area contributed by atoms with Gasteiger partial charge in [-0.2, -0.15) is 0 Å². The topological polar surface area (TPSA) is 66.8 Å². The van der Waals surface area contributed by atoms with E-state index in [4.69, 9.17) is 4.74 Å². The summed E-state index contributed by atoms with van der Waals surface area (Å²) in [6.07, 6.45) is 0.000834. The lowest BCUT2D eigenvalue weighted by atomic mass is 10.1. The van der Waals surface area contributed by atoms with Gasteiger partial charge in [-0.05, 0) is 36.2 Å². The molecular formula is C19H19NO4. The number of benzene rings is 2. The van der Waals surface area contributed by atoms with Gasteiger partial charge in [0.25, 0.3) is 11.8 Å². The smallest absolute Gasteiger partial charge is 0.261 e. The molecule has 0 saturated carbocycles. The van der Waals surface area contributed by atoms with Crippen LogP contribution in [0.1, 0.15) is 33.2 Å². The van der Waals surface area contributed by atoms with Gasteiger partial charge < -0.3 is 9.84 Å². The Kier molecular flexibility index (Phi) is 4.62. The van der Waals surface area contributed by atoms with E-state index in [1.807, 2.05) is 24.3 Å². The lowest BCUT2D eigenvalue weighted by molar-refractivity contribution is 0.0457. The molecule has 2 aromatic rings. The average molecular weight is 325 g/mol. The first kappa shape index (κ1) is 16.2. The van der Waals surface area contributed by atoms with Gasteiger partial charge in [0.15, 0.2) is 0 Å². The fourth-order valence-corrected chi connectivity index (χ4v) is 2.68. The summed E-state index contributed by atoms with van der Waals surface area (Å²) in [5, 5.41) is 10.1. The van der Waals surface area contributed by atoms with Crippen LogP contribution < -0.4 is 4.74 Å². The molecule has 1 aliphatic heterocycles. The van der Waals surface area contributed by atoms with Crippen LogP contribution in [0, 0.1) is 0 Å². The molecule has 0 unspecified atom stereocenters. The van der Waals surface area contributed by atoms with E-state index in [2.05, 4.69) is 6.92 Å². The number of aliphatic hydroxyl groups is 1. The molecule has 2 aromatic carbocycles. The normalized spacial score (nSPS) is 14.7. The average Bonchev–Trinajstić information content (AvgIpc) is 2.86. The van der Waals surface area contributed by atoms with Gasteiger partial charge in [-0.3, -0.25) is 14.5 Å². The zero-order valence-corrected chi connectivity index (χ0v) is 13.4. The monoisotopic (exact) mass is 325 g/mol. The van der Waals surface area contributed by atoms with Gasteiger partial charge in [-0.15, -0.1) is 0 Å². The van der Waals surface area contributed by atoms with Gasteiger partial charge in [0.05, 0.1) is 17.7 Å². The molecule has 2 amide bonds. The quantitative estimate of drug-likeness (QED) is 0.828. The SMILES string of the molecule is CCc1ccc(OC[C@@H](O)CN2C(=O)c3ccccc3C2=O)cc1. The number of β-amino-alcohol motifs (C(OH)–C–C–N with tert-alkyl or cyclic N) is 1. The van der Waals surface area contributed by atoms with Crippen LogP contribution >= 0.6 is 0 Å². The van der Waals surface area contributed by atoms with Crippen LogP contribution in [-0.2, 0) is 6.42 Å². The highest BCUT2D eigenvalue weighted by Crippen LogP contribution is 2.22. The van der Waals surface area contributed by atoms with E-state index >= 15 is 0 Å². The van der Waals surface area contributed by atoms with Crippen molar-refractivity contribution < 1.29 is 19.4 Å². The minimum atomic E-state index is -0.946. The van der Waals surface area contributed by atoms with E-state index < -0.39 is 6.10 Å². The van der Waals surface area contributed by atoms with Crippen LogP contribution in [-0.4, -0.2) is 41.1 Å². The molecule has 0 saturated heterocycles. The van der Waals surface area contributed by atoms with E-state index in [-0.39, 0.29) is 25.0 Å². The lowest BCUT2D eigenvalue weighted by Crippen LogP contribution is -2.39. The van der Waals surface area contributed by atoms with Crippen LogP contribution in [0.5, 0.6) is 5.75 Å². The Morgan fingerprint density at radius 2 is 1.58 bits per heavy atom. The molecule has 5 heteroatoms. The van der Waals surface area contributed by atoms with E-state index in [0.717, 1.165) is 11.3 Å². The molecule has 0 aliphatic carbocycles. The second-order valence-electron chi connectivity index (χ2n) is 5.73. The number of carbonyl (C=O) groups excluding carboxylic acids is 2. The summed E-state index contributed by atoms with van der Waals surface area (Å²) in [6.45, 7) is 2.00. The van der Waals surface area contributed by atoms with Gasteiger partial charge >= 0.3 is 0 Å². The Morgan fingerprint density at radius 3 is 2.12 bits per heavy atom. The van der Waals surface area contributed by atoms with Crippen molar-refractivity contribution in [3.63, 3.8) is 0 Å². The summed E-state index contributed by atoms with van der Waals surface area (Å²) in [4.78, 5) is 25.5. The predicted octanol–water partition coefficient (Wildman–Crippen LogP) is 2.28. The molecule has 0 bridgehead atoms. The number of carbonyl (C=O) groups is 2. The Morgan fingerprint density at radius 1 is 1.00 bits per heavy atom. The number of rotatable bonds is 6. The van der Waals surface area contributed by atoms with Crippen LogP contribution in [0.2, 0.25) is 0 Å². The first-order chi connectivity index (χ1) is 11.6. The van der Waals surface area contributed by atoms with Crippen molar-refractivity contribution in [3.8, 4) is 5.75 Å². The number of nitrogens with zero attached hydrogens (tertiary/aromatic N) is 1. The second kappa shape index (κ2) is 6.84. The van der Waals surface area contributed by atoms with E-state index in [0.29, 0.717) is 16.9 Å². The standard InChI is InChI=1S/C19H19NO4/c1-2-13-7-9-15(10-8-13)24-12-14(21)11-20-18(22)16-5-3-4-6-17(16)19(20)23/h3-10,14,21H,2,11-12H2,1H3/t14-/m0/s1. The zero-order valence-electron chi connectivity index (χ0n) is 13.4. The Balaban J connectivity index is 1.58. The number of hydrogen-bond acceptors (Lipinski definition) is 4. The fourth-order valence-electron chi connectivity index (χ4n) is 2.68. The fraction of sp³-hybridized carbons (Fsp3) is 0.263. The third-order valence-corrected chi connectivity index (χ3v) is 4.05. The zero-order chi connectivity index (χ0) is 17.1. The van der Waals surface area contributed by atoms with Crippen LogP contribution in [0.3, 0.4) is 0 Å². The van der Waals surface area contributed by atoms with Gasteiger partial charge in [0.2, 0.25) is 0 Å². The summed E-state index contributed by atoms with van der Waals surface area (Å²) >= 11 is 0. The Bertz CT molecular complexity index is 719. The highest BCUT2D eigenvalue weighted by Gasteiger charge is 2.36. The molecule has 124 valence electrons. The maximum absolute atomic E-state index is 12.2. The largest absolute Gasteiger partial charge is 0.491 e. The van der Waals surface area contributed by atoms with Crippen molar-refractivity contribution in [3.05, 3.63) is 65.2 Å². The second-order valence-corrected chi connectivity index (χ2v) is 5.73. The molecule has 0 radical (unpaired) electrons. The number of ether oxygens (including phenoxy) is 1. The summed E-state index contributed by atoms with van der Waals surface area (Å²) in [5.74, 6) is -0.0995. The number of aryl methyl sites for hydroxylation is 1. The summed E-state index contributed by atoms with van der Waals surface area (Å²) in [6, 6.07) is 14.3. The molecule has 1 heterocycles. The lowest BCUT2D eigenvalue weighted by Gasteiger charge is -2.19. The molecule has 3 rings (SSSR count). The summed E-state index contributed by atoms with van der Waals surface area (Å²) in [5.41, 5.74) is 1.96. The van der Waals surface area contributed by atoms with Crippen LogP contribution in [0.15, 0.2) is 48.5 Å². The number of amides is 2. The summed E-state index contributed by atoms with van der Waals surface area (Å²) < 4.78 is 5.53. The van der Waals surface area contributed by atoms with E-state index in [1.54, 1.807) is 24.3 Å². The molecule has 1 atom stereocenters. The van der Waals surface area contributed by atoms with E-state index in [9.17, 15) is 14.7 Å². The number of fused-ring (bicyclic) bond motifs is 1. The maximum atomic E-state index is 12.2. The molecular weight excluding hydrogens is 306 g/mol. The minimum Gasteiger partial charge on any atom is -0.491 e. The van der Waals surface area contributed by atoms with Crippen LogP contribution in [0.4, 0.5) is 0 Å². The van der Waals surface area contributed by atoms with Gasteiger partial charge in [0, 0.05) is 0 Å². The van der Waals surface area contributed by atoms with Gasteiger partial charge in [-0.1, -0.05) is 31.2 Å². The highest BCUT2D eigenvalue weighted by molar-refractivity contribution is 6.21. The first-order valence-electron chi connectivity index (χ1n) is 7.95. The molecule has 0 spiro atoms. The third kappa shape index (κ3) is 3.16. The molecule has 5 nitrogen and oxygen atoms in total. The number of aliphatic hydroxyl groups excluding tert-OH is 1. The van der Waals surface area contributed by atoms with Crippen molar-refractivity contribution in [2.45, 2.75) is 19.4 Å². The van der Waals surface area contributed by atoms with Gasteiger partial charge in [-0.25, -0.2) is 0 Å². The first-order valence-corrected chi connectivity index (χ1v) is 7.95. The number of hydrogen-bond donors (Lipinski definition) is 1. The van der Waals surface area contributed by atoms with E-state index in [1.165, 1.54) is 5.56 Å². The minimum absolute atomic E-state index is 0.0128. The van der Waals surface area contributed by atoms with Crippen molar-refractivity contribution in [2.75, 3.05) is 13.2 Å². The maximum Gasteiger partial charge on any atom is 0.261 e. The van der Waals surface area contributed by atoms with Crippen molar-refractivity contribution in [1.29, 1.82) is 0 Å². The molecule has 0 aromatic heterocycles. The third-order valence-electron chi connectivity index (χ3n) is 4.05. The van der Waals surface area contributed by atoms with Crippen molar-refractivity contribution >= 4 is 11.8 Å². The van der Waals surface area contributed by atoms with Crippen LogP contribution in [0.25, 0.3) is 0 Å². The van der Waals surface area contributed by atoms with Crippen molar-refractivity contribution in [2.24, 2.45) is 0 Å². The molecule has 1 aliphatic rings. The molecule has 24 heavy (non-hydrogen) atoms. The van der Waals surface area contributed by atoms with Crippen molar-refractivity contribution in [1.82, 2.24) is 4.90 Å². The Hall–Kier alpha value is -2.66. The van der Waals surface area contributed by atoms with Gasteiger partial charge in [0.1, 0.15) is 18.5 Å². The Labute approximate surface area is 140 Å². The number of imide groups is 1. The predicted molar refractivity (Wildman–Crippen MR) is 89.1 cm³/mol.